The van der Waals surface area contributed by atoms with Crippen molar-refractivity contribution in [2.75, 3.05) is 5.32 Å². The van der Waals surface area contributed by atoms with Crippen molar-refractivity contribution in [1.82, 2.24) is 0 Å². The molecule has 0 saturated heterocycles. The molecule has 116 valence electrons. The van der Waals surface area contributed by atoms with Crippen LogP contribution in [0.1, 0.15) is 31.9 Å². The second-order valence-corrected chi connectivity index (χ2v) is 6.22. The van der Waals surface area contributed by atoms with Gasteiger partial charge in [0, 0.05) is 29.9 Å². The van der Waals surface area contributed by atoms with Gasteiger partial charge in [0.2, 0.25) is 0 Å². The van der Waals surface area contributed by atoms with Gasteiger partial charge in [-0.1, -0.05) is 39.0 Å². The van der Waals surface area contributed by atoms with Gasteiger partial charge >= 0.3 is 0 Å². The molecular weight excluding hydrogens is 280 g/mol. The molecule has 2 N–H and O–H groups in total. The molecule has 2 rings (SSSR count). The predicted molar refractivity (Wildman–Crippen MR) is 87.2 cm³/mol. The van der Waals surface area contributed by atoms with Crippen LogP contribution < -0.4 is 5.32 Å². The maximum absolute atomic E-state index is 10.8. The Labute approximate surface area is 129 Å². The summed E-state index contributed by atoms with van der Waals surface area (Å²) in [5.74, 6) is 0.0475. The third kappa shape index (κ3) is 3.55. The molecule has 0 bridgehead atoms. The minimum atomic E-state index is -0.466. The van der Waals surface area contributed by atoms with Crippen LogP contribution in [0.3, 0.4) is 0 Å². The number of rotatable bonds is 4. The Kier molecular flexibility index (Phi) is 4.35. The fraction of sp³-hybridized carbons (Fsp3) is 0.294. The minimum absolute atomic E-state index is 0.0195. The topological polar surface area (TPSA) is 75.4 Å². The molecule has 2 aromatic carbocycles. The first-order chi connectivity index (χ1) is 10.3. The first-order valence-corrected chi connectivity index (χ1v) is 7.08. The van der Waals surface area contributed by atoms with Crippen molar-refractivity contribution in [3.8, 4) is 5.75 Å². The number of hydrogen-bond acceptors (Lipinski definition) is 4. The van der Waals surface area contributed by atoms with E-state index in [0.29, 0.717) is 12.1 Å². The SMILES string of the molecule is CC(C)(C)c1ccccc1NCc1cc([N+](=O)[O-])ccc1O. The second-order valence-electron chi connectivity index (χ2n) is 6.22. The summed E-state index contributed by atoms with van der Waals surface area (Å²) in [4.78, 5) is 10.4. The molecule has 0 aliphatic carbocycles. The number of phenolic OH excluding ortho intramolecular Hbond substituents is 1. The minimum Gasteiger partial charge on any atom is -0.508 e. The lowest BCUT2D eigenvalue weighted by atomic mass is 9.86. The fourth-order valence-corrected chi connectivity index (χ4v) is 2.31. The summed E-state index contributed by atoms with van der Waals surface area (Å²) in [5, 5.41) is 23.9. The van der Waals surface area contributed by atoms with Gasteiger partial charge in [-0.3, -0.25) is 10.1 Å². The van der Waals surface area contributed by atoms with E-state index in [0.717, 1.165) is 11.3 Å². The molecule has 0 atom stereocenters. The largest absolute Gasteiger partial charge is 0.508 e. The summed E-state index contributed by atoms with van der Waals surface area (Å²) >= 11 is 0. The van der Waals surface area contributed by atoms with Crippen LogP contribution in [0.25, 0.3) is 0 Å². The van der Waals surface area contributed by atoms with Crippen LogP contribution in [0.4, 0.5) is 11.4 Å². The maximum Gasteiger partial charge on any atom is 0.270 e. The number of nitro benzene ring substituents is 1. The molecule has 2 aromatic rings. The maximum atomic E-state index is 10.8. The van der Waals surface area contributed by atoms with Crippen LogP contribution in [0.2, 0.25) is 0 Å². The molecule has 0 fully saturated rings. The molecule has 0 saturated carbocycles. The molecule has 5 heteroatoms. The van der Waals surface area contributed by atoms with Crippen molar-refractivity contribution in [1.29, 1.82) is 0 Å². The normalized spacial score (nSPS) is 11.2. The summed E-state index contributed by atoms with van der Waals surface area (Å²) < 4.78 is 0. The van der Waals surface area contributed by atoms with Crippen molar-refractivity contribution in [2.45, 2.75) is 32.7 Å². The van der Waals surface area contributed by atoms with Gasteiger partial charge in [-0.25, -0.2) is 0 Å². The van der Waals surface area contributed by atoms with Crippen molar-refractivity contribution >= 4 is 11.4 Å². The number of phenols is 1. The van der Waals surface area contributed by atoms with E-state index in [9.17, 15) is 15.2 Å². The zero-order chi connectivity index (χ0) is 16.3. The van der Waals surface area contributed by atoms with E-state index in [4.69, 9.17) is 0 Å². The van der Waals surface area contributed by atoms with Gasteiger partial charge in [0.25, 0.3) is 5.69 Å². The van der Waals surface area contributed by atoms with Crippen molar-refractivity contribution < 1.29 is 10.0 Å². The highest BCUT2D eigenvalue weighted by Gasteiger charge is 2.17. The van der Waals surface area contributed by atoms with E-state index in [1.807, 2.05) is 18.2 Å². The Morgan fingerprint density at radius 1 is 1.18 bits per heavy atom. The van der Waals surface area contributed by atoms with Crippen LogP contribution in [-0.2, 0) is 12.0 Å². The number of benzene rings is 2. The summed E-state index contributed by atoms with van der Waals surface area (Å²) in [5.41, 5.74) is 2.56. The molecule has 0 aliphatic heterocycles. The Morgan fingerprint density at radius 3 is 2.50 bits per heavy atom. The number of nitrogens with one attached hydrogen (secondary N) is 1. The molecule has 0 radical (unpaired) electrons. The third-order valence-electron chi connectivity index (χ3n) is 3.48. The van der Waals surface area contributed by atoms with Crippen molar-refractivity contribution in [3.63, 3.8) is 0 Å². The van der Waals surface area contributed by atoms with Crippen LogP contribution in [-0.4, -0.2) is 10.0 Å². The van der Waals surface area contributed by atoms with E-state index in [2.05, 4.69) is 32.2 Å². The summed E-state index contributed by atoms with van der Waals surface area (Å²) in [6.45, 7) is 6.69. The summed E-state index contributed by atoms with van der Waals surface area (Å²) in [6, 6.07) is 12.0. The Hall–Kier alpha value is -2.56. The zero-order valence-corrected chi connectivity index (χ0v) is 13.0. The Bertz CT molecular complexity index is 691. The number of aromatic hydroxyl groups is 1. The molecule has 0 unspecified atom stereocenters. The quantitative estimate of drug-likeness (QED) is 0.655. The molecule has 0 amide bonds. The van der Waals surface area contributed by atoms with Gasteiger partial charge in [-0.15, -0.1) is 0 Å². The van der Waals surface area contributed by atoms with E-state index in [-0.39, 0.29) is 16.9 Å². The molecular formula is C17H20N2O3. The number of hydrogen-bond donors (Lipinski definition) is 2. The van der Waals surface area contributed by atoms with Crippen molar-refractivity contribution in [2.24, 2.45) is 0 Å². The predicted octanol–water partition coefficient (Wildman–Crippen LogP) is 4.21. The van der Waals surface area contributed by atoms with Gasteiger partial charge in [-0.2, -0.15) is 0 Å². The first kappa shape index (κ1) is 15.8. The molecule has 0 aromatic heterocycles. The van der Waals surface area contributed by atoms with Gasteiger partial charge in [0.1, 0.15) is 5.75 Å². The van der Waals surface area contributed by atoms with Gasteiger partial charge < -0.3 is 10.4 Å². The number of non-ortho nitro benzene ring substituents is 1. The summed E-state index contributed by atoms with van der Waals surface area (Å²) in [6.07, 6.45) is 0. The number of nitro groups is 1. The monoisotopic (exact) mass is 300 g/mol. The molecule has 0 aliphatic rings. The van der Waals surface area contributed by atoms with Gasteiger partial charge in [0.15, 0.2) is 0 Å². The van der Waals surface area contributed by atoms with Crippen LogP contribution in [0.15, 0.2) is 42.5 Å². The average molecular weight is 300 g/mol. The standard InChI is InChI=1S/C17H20N2O3/c1-17(2,3)14-6-4-5-7-15(14)18-11-12-10-13(19(21)22)8-9-16(12)20/h4-10,18,20H,11H2,1-3H3. The summed E-state index contributed by atoms with van der Waals surface area (Å²) in [7, 11) is 0. The highest BCUT2D eigenvalue weighted by molar-refractivity contribution is 5.55. The number of para-hydroxylation sites is 1. The smallest absolute Gasteiger partial charge is 0.270 e. The van der Waals surface area contributed by atoms with E-state index in [1.165, 1.54) is 18.2 Å². The molecule has 22 heavy (non-hydrogen) atoms. The van der Waals surface area contributed by atoms with Crippen LogP contribution >= 0.6 is 0 Å². The molecule has 5 nitrogen and oxygen atoms in total. The lowest BCUT2D eigenvalue weighted by molar-refractivity contribution is -0.384. The van der Waals surface area contributed by atoms with Crippen LogP contribution in [0, 0.1) is 10.1 Å². The Balaban J connectivity index is 2.24. The van der Waals surface area contributed by atoms with E-state index < -0.39 is 4.92 Å². The fourth-order valence-electron chi connectivity index (χ4n) is 2.31. The average Bonchev–Trinajstić information content (AvgIpc) is 2.45. The zero-order valence-electron chi connectivity index (χ0n) is 13.0. The number of anilines is 1. The van der Waals surface area contributed by atoms with Crippen LogP contribution in [0.5, 0.6) is 5.75 Å². The lowest BCUT2D eigenvalue weighted by Gasteiger charge is -2.23. The van der Waals surface area contributed by atoms with E-state index >= 15 is 0 Å². The van der Waals surface area contributed by atoms with Gasteiger partial charge in [-0.05, 0) is 23.1 Å². The van der Waals surface area contributed by atoms with E-state index in [1.54, 1.807) is 0 Å². The van der Waals surface area contributed by atoms with Gasteiger partial charge in [0.05, 0.1) is 4.92 Å². The molecule has 0 heterocycles. The lowest BCUT2D eigenvalue weighted by Crippen LogP contribution is -2.14. The number of nitrogens with zero attached hydrogens (tertiary/aromatic N) is 1. The van der Waals surface area contributed by atoms with Crippen molar-refractivity contribution in [3.05, 3.63) is 63.7 Å². The second kappa shape index (κ2) is 6.05. The Morgan fingerprint density at radius 2 is 1.86 bits per heavy atom. The highest BCUT2D eigenvalue weighted by atomic mass is 16.6. The highest BCUT2D eigenvalue weighted by Crippen LogP contribution is 2.30. The molecule has 0 spiro atoms. The third-order valence-corrected chi connectivity index (χ3v) is 3.48. The first-order valence-electron chi connectivity index (χ1n) is 7.08.